The van der Waals surface area contributed by atoms with Gasteiger partial charge < -0.3 is 10.1 Å². The summed E-state index contributed by atoms with van der Waals surface area (Å²) in [4.78, 5) is 20.2. The molecule has 0 amide bonds. The largest absolute Gasteiger partial charge is 0.460 e. The molecule has 0 saturated heterocycles. The summed E-state index contributed by atoms with van der Waals surface area (Å²) in [6, 6.07) is 4.09. The van der Waals surface area contributed by atoms with Gasteiger partial charge in [-0.1, -0.05) is 0 Å². The topological polar surface area (TPSA) is 81.9 Å². The first-order valence-corrected chi connectivity index (χ1v) is 8.66. The smallest absolute Gasteiger partial charge is 0.332 e. The summed E-state index contributed by atoms with van der Waals surface area (Å²) < 4.78 is 7.35. The summed E-state index contributed by atoms with van der Waals surface area (Å²) in [5.41, 5.74) is 0.856. The lowest BCUT2D eigenvalue weighted by Gasteiger charge is -2.10. The number of halogens is 1. The van der Waals surface area contributed by atoms with Gasteiger partial charge in [0.05, 0.1) is 6.10 Å². The molecule has 0 unspecified atom stereocenters. The van der Waals surface area contributed by atoms with E-state index in [0.29, 0.717) is 5.82 Å². The number of nitrogens with one attached hydrogen (secondary N) is 1. The van der Waals surface area contributed by atoms with Crippen molar-refractivity contribution in [1.82, 2.24) is 19.7 Å². The molecule has 0 aliphatic heterocycles. The molecule has 128 valence electrons. The normalized spacial score (nSPS) is 11.5. The number of anilines is 1. The van der Waals surface area contributed by atoms with Gasteiger partial charge in [0.25, 0.3) is 0 Å². The first-order chi connectivity index (χ1) is 11.3. The molecule has 24 heavy (non-hydrogen) atoms. The van der Waals surface area contributed by atoms with Crippen LogP contribution in [-0.2, 0) is 9.53 Å². The monoisotopic (exact) mass is 441 g/mol. The molecule has 8 heteroatoms. The highest BCUT2D eigenvalue weighted by atomic mass is 127. The molecule has 1 N–H and O–H groups in total. The Hall–Kier alpha value is -1.97. The number of esters is 1. The van der Waals surface area contributed by atoms with Crippen LogP contribution < -0.4 is 5.32 Å². The molecule has 0 bridgehead atoms. The summed E-state index contributed by atoms with van der Waals surface area (Å²) >= 11 is 2.16. The van der Waals surface area contributed by atoms with Crippen molar-refractivity contribution < 1.29 is 9.53 Å². The SMILES string of the molecule is CC(C)Nc1cc(-c2ncn(/C=C\C(=O)OC(C)C)n2)cc(I)n1. The Labute approximate surface area is 154 Å². The maximum atomic E-state index is 11.5. The third kappa shape index (κ3) is 5.59. The predicted octanol–water partition coefficient (Wildman–Crippen LogP) is 3.19. The summed E-state index contributed by atoms with van der Waals surface area (Å²) in [5.74, 6) is 0.923. The van der Waals surface area contributed by atoms with E-state index in [-0.39, 0.29) is 12.1 Å². The average molecular weight is 441 g/mol. The molecule has 0 aliphatic rings. The number of hydrogen-bond donors (Lipinski definition) is 1. The fraction of sp³-hybridized carbons (Fsp3) is 0.375. The first kappa shape index (κ1) is 18.4. The van der Waals surface area contributed by atoms with Gasteiger partial charge in [0.15, 0.2) is 5.82 Å². The number of pyridine rings is 1. The minimum absolute atomic E-state index is 0.153. The lowest BCUT2D eigenvalue weighted by atomic mass is 10.2. The van der Waals surface area contributed by atoms with Crippen LogP contribution >= 0.6 is 22.6 Å². The van der Waals surface area contributed by atoms with Gasteiger partial charge in [-0.25, -0.2) is 19.4 Å². The Morgan fingerprint density at radius 3 is 2.75 bits per heavy atom. The van der Waals surface area contributed by atoms with Crippen LogP contribution in [-0.4, -0.2) is 37.9 Å². The van der Waals surface area contributed by atoms with Crippen LogP contribution in [0.2, 0.25) is 0 Å². The second kappa shape index (κ2) is 8.22. The van der Waals surface area contributed by atoms with Gasteiger partial charge in [0.2, 0.25) is 0 Å². The van der Waals surface area contributed by atoms with E-state index in [4.69, 9.17) is 4.74 Å². The molecule has 0 aromatic carbocycles. The predicted molar refractivity (Wildman–Crippen MR) is 101 cm³/mol. The van der Waals surface area contributed by atoms with Crippen molar-refractivity contribution in [2.24, 2.45) is 0 Å². The Bertz CT molecular complexity index is 740. The van der Waals surface area contributed by atoms with Crippen molar-refractivity contribution in [2.45, 2.75) is 39.8 Å². The van der Waals surface area contributed by atoms with Crippen LogP contribution in [0.3, 0.4) is 0 Å². The highest BCUT2D eigenvalue weighted by Crippen LogP contribution is 2.21. The van der Waals surface area contributed by atoms with Crippen molar-refractivity contribution in [1.29, 1.82) is 0 Å². The zero-order chi connectivity index (χ0) is 17.7. The number of hydrogen-bond acceptors (Lipinski definition) is 6. The highest BCUT2D eigenvalue weighted by molar-refractivity contribution is 14.1. The molecule has 2 aromatic rings. The van der Waals surface area contributed by atoms with Crippen LogP contribution in [0.15, 0.2) is 24.5 Å². The van der Waals surface area contributed by atoms with E-state index in [1.807, 2.05) is 12.1 Å². The quantitative estimate of drug-likeness (QED) is 0.321. The molecule has 2 rings (SSSR count). The molecule has 0 aliphatic carbocycles. The van der Waals surface area contributed by atoms with Gasteiger partial charge in [0.1, 0.15) is 15.8 Å². The number of carbonyl (C=O) groups excluding carboxylic acids is 1. The zero-order valence-corrected chi connectivity index (χ0v) is 16.2. The molecule has 0 atom stereocenters. The fourth-order valence-electron chi connectivity index (χ4n) is 1.88. The average Bonchev–Trinajstić information content (AvgIpc) is 2.92. The van der Waals surface area contributed by atoms with Gasteiger partial charge in [-0.2, -0.15) is 0 Å². The van der Waals surface area contributed by atoms with Gasteiger partial charge in [0, 0.05) is 23.9 Å². The summed E-state index contributed by atoms with van der Waals surface area (Å²) in [7, 11) is 0. The van der Waals surface area contributed by atoms with E-state index >= 15 is 0 Å². The van der Waals surface area contributed by atoms with Crippen molar-refractivity contribution in [3.05, 3.63) is 28.2 Å². The van der Waals surface area contributed by atoms with Crippen molar-refractivity contribution in [3.8, 4) is 11.4 Å². The molecule has 7 nitrogen and oxygen atoms in total. The number of nitrogens with zero attached hydrogens (tertiary/aromatic N) is 4. The third-order valence-electron chi connectivity index (χ3n) is 2.71. The van der Waals surface area contributed by atoms with Gasteiger partial charge >= 0.3 is 5.97 Å². The minimum Gasteiger partial charge on any atom is -0.460 e. The zero-order valence-electron chi connectivity index (χ0n) is 14.0. The second-order valence-corrected chi connectivity index (χ2v) is 6.82. The van der Waals surface area contributed by atoms with Crippen molar-refractivity contribution >= 4 is 40.6 Å². The van der Waals surface area contributed by atoms with E-state index in [1.165, 1.54) is 23.3 Å². The van der Waals surface area contributed by atoms with Crippen molar-refractivity contribution in [3.63, 3.8) is 0 Å². The molecular formula is C16H20IN5O2. The van der Waals surface area contributed by atoms with Crippen LogP contribution in [0.4, 0.5) is 5.82 Å². The summed E-state index contributed by atoms with van der Waals surface area (Å²) in [5, 5.41) is 7.61. The second-order valence-electron chi connectivity index (χ2n) is 5.71. The maximum absolute atomic E-state index is 11.5. The Morgan fingerprint density at radius 2 is 2.08 bits per heavy atom. The third-order valence-corrected chi connectivity index (χ3v) is 3.27. The molecule has 2 heterocycles. The number of rotatable bonds is 6. The Morgan fingerprint density at radius 1 is 1.33 bits per heavy atom. The van der Waals surface area contributed by atoms with Crippen molar-refractivity contribution in [2.75, 3.05) is 5.32 Å². The van der Waals surface area contributed by atoms with Crippen LogP contribution in [0.5, 0.6) is 0 Å². The van der Waals surface area contributed by atoms with Crippen LogP contribution in [0.1, 0.15) is 27.7 Å². The molecule has 0 spiro atoms. The molecule has 2 aromatic heterocycles. The Balaban J connectivity index is 2.17. The fourth-order valence-corrected chi connectivity index (χ4v) is 2.48. The van der Waals surface area contributed by atoms with E-state index in [2.05, 4.69) is 56.8 Å². The number of ether oxygens (including phenoxy) is 1. The first-order valence-electron chi connectivity index (χ1n) is 7.58. The summed E-state index contributed by atoms with van der Waals surface area (Å²) in [6.45, 7) is 7.70. The molecule has 0 radical (unpaired) electrons. The number of aromatic nitrogens is 4. The van der Waals surface area contributed by atoms with Gasteiger partial charge in [-0.3, -0.25) is 0 Å². The van der Waals surface area contributed by atoms with E-state index < -0.39 is 5.97 Å². The minimum atomic E-state index is -0.413. The van der Waals surface area contributed by atoms with E-state index in [0.717, 1.165) is 15.1 Å². The lowest BCUT2D eigenvalue weighted by molar-refractivity contribution is -0.141. The van der Waals surface area contributed by atoms with Gasteiger partial charge in [-0.15, -0.1) is 5.10 Å². The standard InChI is InChI=1S/C16H20IN5O2/c1-10(2)19-14-8-12(7-13(17)20-14)16-18-9-22(21-16)6-5-15(23)24-11(3)4/h5-11H,1-4H3,(H,19,20)/b6-5-. The van der Waals surface area contributed by atoms with Crippen LogP contribution in [0.25, 0.3) is 17.6 Å². The van der Waals surface area contributed by atoms with E-state index in [9.17, 15) is 4.79 Å². The van der Waals surface area contributed by atoms with Gasteiger partial charge in [-0.05, 0) is 62.4 Å². The summed E-state index contributed by atoms with van der Waals surface area (Å²) in [6.07, 6.45) is 4.22. The molecule has 0 saturated carbocycles. The number of carbonyl (C=O) groups is 1. The molecular weight excluding hydrogens is 421 g/mol. The maximum Gasteiger partial charge on any atom is 0.332 e. The highest BCUT2D eigenvalue weighted by Gasteiger charge is 2.08. The molecule has 0 fully saturated rings. The Kier molecular flexibility index (Phi) is 6.29. The van der Waals surface area contributed by atoms with E-state index in [1.54, 1.807) is 13.8 Å². The van der Waals surface area contributed by atoms with Crippen LogP contribution in [0, 0.1) is 3.70 Å². The lowest BCUT2D eigenvalue weighted by Crippen LogP contribution is -2.11.